The number of ether oxygens (including phenoxy) is 2. The van der Waals surface area contributed by atoms with Crippen LogP contribution < -0.4 is 15.0 Å². The molecule has 0 saturated heterocycles. The monoisotopic (exact) mass is 486 g/mol. The van der Waals surface area contributed by atoms with Crippen LogP contribution in [-0.2, 0) is 16.0 Å². The number of anilines is 1. The number of carbonyl (C=O) groups excluding carboxylic acids is 4. The first kappa shape index (κ1) is 24.7. The van der Waals surface area contributed by atoms with E-state index in [0.29, 0.717) is 24.6 Å². The molecule has 3 aromatic rings. The molecular weight excluding hydrogens is 460 g/mol. The fraction of sp³-hybridized carbons (Fsp3) is 0.214. The van der Waals surface area contributed by atoms with Gasteiger partial charge in [-0.2, -0.15) is 0 Å². The first-order valence-corrected chi connectivity index (χ1v) is 11.7. The number of rotatable bonds is 10. The molecule has 8 heteroatoms. The fourth-order valence-corrected chi connectivity index (χ4v) is 3.89. The molecule has 1 heterocycles. The summed E-state index contributed by atoms with van der Waals surface area (Å²) in [6.07, 6.45) is 1.59. The lowest BCUT2D eigenvalue weighted by Gasteiger charge is -2.14. The predicted molar refractivity (Wildman–Crippen MR) is 133 cm³/mol. The number of nitrogens with one attached hydrogen (secondary N) is 1. The number of nitrogens with zero attached hydrogens (tertiary/aromatic N) is 1. The lowest BCUT2D eigenvalue weighted by atomic mass is 10.1. The number of fused-ring (bicyclic) bond motifs is 1. The molecule has 36 heavy (non-hydrogen) atoms. The molecule has 184 valence electrons. The first-order chi connectivity index (χ1) is 17.5. The zero-order valence-corrected chi connectivity index (χ0v) is 19.9. The highest BCUT2D eigenvalue weighted by Crippen LogP contribution is 2.30. The fourth-order valence-electron chi connectivity index (χ4n) is 3.89. The molecule has 0 unspecified atom stereocenters. The van der Waals surface area contributed by atoms with E-state index < -0.39 is 30.3 Å². The van der Waals surface area contributed by atoms with Gasteiger partial charge in [0.15, 0.2) is 6.61 Å². The zero-order valence-electron chi connectivity index (χ0n) is 19.9. The van der Waals surface area contributed by atoms with Crippen LogP contribution in [0.15, 0.2) is 72.8 Å². The Balaban J connectivity index is 1.31. The molecule has 0 saturated carbocycles. The molecule has 4 rings (SSSR count). The maximum absolute atomic E-state index is 13.0. The minimum absolute atomic E-state index is 0.0836. The lowest BCUT2D eigenvalue weighted by molar-refractivity contribution is -0.124. The molecule has 1 N–H and O–H groups in total. The van der Waals surface area contributed by atoms with E-state index in [1.54, 1.807) is 24.3 Å². The summed E-state index contributed by atoms with van der Waals surface area (Å²) in [6.45, 7) is 2.38. The van der Waals surface area contributed by atoms with E-state index in [1.807, 2.05) is 37.3 Å². The average Bonchev–Trinajstić information content (AvgIpc) is 3.15. The summed E-state index contributed by atoms with van der Waals surface area (Å²) in [5.41, 5.74) is 1.97. The Bertz CT molecular complexity index is 1270. The molecule has 0 bridgehead atoms. The van der Waals surface area contributed by atoms with Crippen molar-refractivity contribution >= 4 is 29.4 Å². The number of aryl methyl sites for hydroxylation is 1. The van der Waals surface area contributed by atoms with Crippen molar-refractivity contribution < 1.29 is 28.7 Å². The van der Waals surface area contributed by atoms with Crippen LogP contribution in [0.3, 0.4) is 0 Å². The van der Waals surface area contributed by atoms with E-state index in [1.165, 1.54) is 23.8 Å². The Morgan fingerprint density at radius 2 is 1.61 bits per heavy atom. The standard InChI is InChI=1S/C28H26N2O6/c1-2-35-22-13-11-21(12-14-22)30-26(32)23-15-10-20(17-24(23)27(30)33)28(34)36-18-25(31)29-16-6-9-19-7-4-3-5-8-19/h3-5,7-8,10-15,17H,2,6,9,16,18H2,1H3,(H,29,31). The van der Waals surface area contributed by atoms with E-state index in [0.717, 1.165) is 17.7 Å². The lowest BCUT2D eigenvalue weighted by Crippen LogP contribution is -2.30. The predicted octanol–water partition coefficient (Wildman–Crippen LogP) is 3.79. The van der Waals surface area contributed by atoms with E-state index in [9.17, 15) is 19.2 Å². The van der Waals surface area contributed by atoms with Gasteiger partial charge < -0.3 is 14.8 Å². The molecule has 0 aliphatic carbocycles. The molecule has 1 aliphatic heterocycles. The summed E-state index contributed by atoms with van der Waals surface area (Å²) in [4.78, 5) is 51.4. The molecule has 3 aromatic carbocycles. The summed E-state index contributed by atoms with van der Waals surface area (Å²) >= 11 is 0. The highest BCUT2D eigenvalue weighted by atomic mass is 16.5. The topological polar surface area (TPSA) is 102 Å². The maximum atomic E-state index is 13.0. The smallest absolute Gasteiger partial charge is 0.338 e. The van der Waals surface area contributed by atoms with Crippen molar-refractivity contribution in [2.24, 2.45) is 0 Å². The third kappa shape index (κ3) is 5.60. The highest BCUT2D eigenvalue weighted by molar-refractivity contribution is 6.34. The molecule has 3 amide bonds. The van der Waals surface area contributed by atoms with Crippen LogP contribution in [0.25, 0.3) is 0 Å². The Morgan fingerprint density at radius 1 is 0.889 bits per heavy atom. The molecule has 0 atom stereocenters. The largest absolute Gasteiger partial charge is 0.494 e. The van der Waals surface area contributed by atoms with Crippen molar-refractivity contribution in [2.75, 3.05) is 24.7 Å². The summed E-state index contributed by atoms with van der Waals surface area (Å²) in [5, 5.41) is 2.72. The molecule has 0 fully saturated rings. The van der Waals surface area contributed by atoms with Crippen molar-refractivity contribution in [3.05, 3.63) is 95.1 Å². The number of benzene rings is 3. The van der Waals surface area contributed by atoms with Gasteiger partial charge in [-0.25, -0.2) is 9.69 Å². The van der Waals surface area contributed by atoms with Crippen LogP contribution >= 0.6 is 0 Å². The van der Waals surface area contributed by atoms with E-state index in [2.05, 4.69) is 5.32 Å². The quantitative estimate of drug-likeness (QED) is 0.266. The van der Waals surface area contributed by atoms with Gasteiger partial charge in [0.2, 0.25) is 0 Å². The van der Waals surface area contributed by atoms with Crippen LogP contribution in [0.1, 0.15) is 50.0 Å². The zero-order chi connectivity index (χ0) is 25.5. The second-order valence-electron chi connectivity index (χ2n) is 8.15. The summed E-state index contributed by atoms with van der Waals surface area (Å²) < 4.78 is 10.5. The van der Waals surface area contributed by atoms with Crippen molar-refractivity contribution in [2.45, 2.75) is 19.8 Å². The van der Waals surface area contributed by atoms with Gasteiger partial charge in [0.25, 0.3) is 17.7 Å². The van der Waals surface area contributed by atoms with Crippen LogP contribution in [-0.4, -0.2) is 43.4 Å². The molecule has 8 nitrogen and oxygen atoms in total. The summed E-state index contributed by atoms with van der Waals surface area (Å²) in [5.74, 6) is -1.55. The van der Waals surface area contributed by atoms with Gasteiger partial charge in [-0.1, -0.05) is 30.3 Å². The number of esters is 1. The Kier molecular flexibility index (Phi) is 7.75. The van der Waals surface area contributed by atoms with Gasteiger partial charge >= 0.3 is 5.97 Å². The highest BCUT2D eigenvalue weighted by Gasteiger charge is 2.37. The first-order valence-electron chi connectivity index (χ1n) is 11.7. The molecule has 0 spiro atoms. The SMILES string of the molecule is CCOc1ccc(N2C(=O)c3ccc(C(=O)OCC(=O)NCCCc4ccccc4)cc3C2=O)cc1. The molecular formula is C28H26N2O6. The molecule has 1 aliphatic rings. The third-order valence-corrected chi connectivity index (χ3v) is 5.67. The van der Waals surface area contributed by atoms with Crippen molar-refractivity contribution in [1.82, 2.24) is 5.32 Å². The van der Waals surface area contributed by atoms with E-state index in [4.69, 9.17) is 9.47 Å². The minimum atomic E-state index is -0.753. The van der Waals surface area contributed by atoms with Gasteiger partial charge in [0, 0.05) is 6.54 Å². The molecule has 0 aromatic heterocycles. The molecule has 0 radical (unpaired) electrons. The second-order valence-corrected chi connectivity index (χ2v) is 8.15. The maximum Gasteiger partial charge on any atom is 0.338 e. The van der Waals surface area contributed by atoms with Crippen molar-refractivity contribution in [3.8, 4) is 5.75 Å². The van der Waals surface area contributed by atoms with E-state index >= 15 is 0 Å². The Labute approximate surface area is 208 Å². The summed E-state index contributed by atoms with van der Waals surface area (Å²) in [7, 11) is 0. The van der Waals surface area contributed by atoms with Gasteiger partial charge in [0.1, 0.15) is 5.75 Å². The van der Waals surface area contributed by atoms with Crippen LogP contribution in [0.4, 0.5) is 5.69 Å². The van der Waals surface area contributed by atoms with Gasteiger partial charge in [-0.3, -0.25) is 14.4 Å². The van der Waals surface area contributed by atoms with Gasteiger partial charge in [-0.15, -0.1) is 0 Å². The van der Waals surface area contributed by atoms with Crippen molar-refractivity contribution in [1.29, 1.82) is 0 Å². The third-order valence-electron chi connectivity index (χ3n) is 5.67. The second kappa shape index (κ2) is 11.3. The minimum Gasteiger partial charge on any atom is -0.494 e. The Hall–Kier alpha value is -4.46. The van der Waals surface area contributed by atoms with Gasteiger partial charge in [0.05, 0.1) is 29.0 Å². The number of carbonyl (C=O) groups is 4. The van der Waals surface area contributed by atoms with Crippen LogP contribution in [0, 0.1) is 0 Å². The average molecular weight is 487 g/mol. The van der Waals surface area contributed by atoms with Crippen LogP contribution in [0.5, 0.6) is 5.75 Å². The van der Waals surface area contributed by atoms with Crippen LogP contribution in [0.2, 0.25) is 0 Å². The van der Waals surface area contributed by atoms with E-state index in [-0.39, 0.29) is 16.7 Å². The van der Waals surface area contributed by atoms with Crippen molar-refractivity contribution in [3.63, 3.8) is 0 Å². The number of amides is 3. The number of hydrogen-bond donors (Lipinski definition) is 1. The number of imide groups is 1. The summed E-state index contributed by atoms with van der Waals surface area (Å²) in [6, 6.07) is 20.7. The Morgan fingerprint density at radius 3 is 2.33 bits per heavy atom. The normalized spacial score (nSPS) is 12.3. The number of hydrogen-bond acceptors (Lipinski definition) is 6. The van der Waals surface area contributed by atoms with Gasteiger partial charge in [-0.05, 0) is 67.8 Å².